The molecule has 0 spiro atoms. The van der Waals surface area contributed by atoms with E-state index in [0.29, 0.717) is 6.04 Å². The van der Waals surface area contributed by atoms with Crippen molar-refractivity contribution < 1.29 is 4.74 Å². The number of hydrogen-bond donors (Lipinski definition) is 0. The highest BCUT2D eigenvalue weighted by atomic mass is 35.5. The lowest BCUT2D eigenvalue weighted by Crippen LogP contribution is -2.45. The van der Waals surface area contributed by atoms with Gasteiger partial charge in [0.15, 0.2) is 0 Å². The highest BCUT2D eigenvalue weighted by Crippen LogP contribution is 2.30. The van der Waals surface area contributed by atoms with Crippen LogP contribution >= 0.6 is 11.6 Å². The Morgan fingerprint density at radius 3 is 2.75 bits per heavy atom. The van der Waals surface area contributed by atoms with Crippen LogP contribution < -0.4 is 4.74 Å². The first-order chi connectivity index (χ1) is 9.61. The van der Waals surface area contributed by atoms with Gasteiger partial charge in [-0.05, 0) is 58.1 Å². The van der Waals surface area contributed by atoms with Crippen molar-refractivity contribution in [3.63, 3.8) is 0 Å². The van der Waals surface area contributed by atoms with Crippen LogP contribution in [0.1, 0.15) is 25.3 Å². The topological polar surface area (TPSA) is 15.7 Å². The number of ether oxygens (including phenoxy) is 1. The predicted octanol–water partition coefficient (Wildman–Crippen LogP) is 3.02. The molecule has 1 aromatic rings. The van der Waals surface area contributed by atoms with Crippen molar-refractivity contribution in [1.29, 1.82) is 0 Å². The van der Waals surface area contributed by atoms with Gasteiger partial charge in [-0.1, -0.05) is 11.6 Å². The van der Waals surface area contributed by atoms with Crippen molar-refractivity contribution in [3.8, 4) is 5.75 Å². The molecule has 1 saturated heterocycles. The van der Waals surface area contributed by atoms with E-state index in [1.165, 1.54) is 31.5 Å². The van der Waals surface area contributed by atoms with Crippen LogP contribution in [0.2, 0.25) is 5.02 Å². The number of rotatable bonds is 1. The predicted molar refractivity (Wildman–Crippen MR) is 82.5 cm³/mol. The molecule has 0 aromatic heterocycles. The van der Waals surface area contributed by atoms with Crippen LogP contribution in [0.25, 0.3) is 0 Å². The normalized spacial score (nSPS) is 25.9. The molecule has 0 N–H and O–H groups in total. The van der Waals surface area contributed by atoms with Crippen molar-refractivity contribution in [2.24, 2.45) is 0 Å². The van der Waals surface area contributed by atoms with Gasteiger partial charge in [0.25, 0.3) is 0 Å². The number of likely N-dealkylation sites (tertiary alicyclic amines) is 1. The number of hydrogen-bond acceptors (Lipinski definition) is 3. The summed E-state index contributed by atoms with van der Waals surface area (Å²) >= 11 is 6.14. The van der Waals surface area contributed by atoms with Crippen LogP contribution in [0, 0.1) is 0 Å². The number of fused-ring (bicyclic) bond motifs is 1. The standard InChI is InChI=1S/C16H23ClN2O/c1-12-10-19(15-5-7-18(2)8-6-15)11-13-9-14(17)3-4-16(13)20-12/h3-4,9,12,15H,5-8,10-11H2,1-2H3/t12-/m1/s1. The molecule has 0 bridgehead atoms. The molecule has 0 amide bonds. The van der Waals surface area contributed by atoms with Crippen molar-refractivity contribution in [2.45, 2.75) is 38.5 Å². The fourth-order valence-electron chi connectivity index (χ4n) is 3.29. The maximum Gasteiger partial charge on any atom is 0.124 e. The van der Waals surface area contributed by atoms with Gasteiger partial charge in [-0.15, -0.1) is 0 Å². The summed E-state index contributed by atoms with van der Waals surface area (Å²) in [5, 5.41) is 0.797. The van der Waals surface area contributed by atoms with Gasteiger partial charge >= 0.3 is 0 Å². The Balaban J connectivity index is 1.79. The summed E-state index contributed by atoms with van der Waals surface area (Å²) in [6.45, 7) is 6.50. The molecule has 3 nitrogen and oxygen atoms in total. The number of benzene rings is 1. The van der Waals surface area contributed by atoms with Crippen molar-refractivity contribution in [1.82, 2.24) is 9.80 Å². The number of halogens is 1. The lowest BCUT2D eigenvalue weighted by Gasteiger charge is -2.37. The first-order valence-corrected chi connectivity index (χ1v) is 7.87. The van der Waals surface area contributed by atoms with Gasteiger partial charge < -0.3 is 9.64 Å². The Morgan fingerprint density at radius 1 is 1.25 bits per heavy atom. The van der Waals surface area contributed by atoms with E-state index < -0.39 is 0 Å². The lowest BCUT2D eigenvalue weighted by molar-refractivity contribution is 0.0855. The van der Waals surface area contributed by atoms with Crippen molar-refractivity contribution in [2.75, 3.05) is 26.7 Å². The SMILES string of the molecule is C[C@@H]1CN(C2CCN(C)CC2)Cc2cc(Cl)ccc2O1. The van der Waals surface area contributed by atoms with Crippen LogP contribution in [0.3, 0.4) is 0 Å². The third-order valence-corrected chi connectivity index (χ3v) is 4.66. The van der Waals surface area contributed by atoms with Gasteiger partial charge in [0.05, 0.1) is 0 Å². The molecule has 20 heavy (non-hydrogen) atoms. The van der Waals surface area contributed by atoms with E-state index in [-0.39, 0.29) is 6.10 Å². The third kappa shape index (κ3) is 3.11. The summed E-state index contributed by atoms with van der Waals surface area (Å²) in [4.78, 5) is 5.00. The molecule has 0 unspecified atom stereocenters. The molecule has 110 valence electrons. The second-order valence-corrected chi connectivity index (χ2v) is 6.58. The minimum atomic E-state index is 0.233. The van der Waals surface area contributed by atoms with Crippen LogP contribution in [-0.2, 0) is 6.54 Å². The molecule has 4 heteroatoms. The molecule has 2 aliphatic rings. The zero-order valence-electron chi connectivity index (χ0n) is 12.3. The second kappa shape index (κ2) is 5.92. The fourth-order valence-corrected chi connectivity index (χ4v) is 3.49. The average Bonchev–Trinajstić information content (AvgIpc) is 2.57. The van der Waals surface area contributed by atoms with Gasteiger partial charge in [0.2, 0.25) is 0 Å². The van der Waals surface area contributed by atoms with Crippen LogP contribution in [0.15, 0.2) is 18.2 Å². The zero-order chi connectivity index (χ0) is 14.1. The third-order valence-electron chi connectivity index (χ3n) is 4.42. The zero-order valence-corrected chi connectivity index (χ0v) is 13.1. The molecule has 1 aromatic carbocycles. The van der Waals surface area contributed by atoms with Crippen LogP contribution in [0.5, 0.6) is 5.75 Å². The van der Waals surface area contributed by atoms with Gasteiger partial charge in [0.1, 0.15) is 11.9 Å². The Hall–Kier alpha value is -0.770. The quantitative estimate of drug-likeness (QED) is 0.792. The summed E-state index contributed by atoms with van der Waals surface area (Å²) in [5.41, 5.74) is 1.22. The highest BCUT2D eigenvalue weighted by molar-refractivity contribution is 6.30. The fraction of sp³-hybridized carbons (Fsp3) is 0.625. The average molecular weight is 295 g/mol. The molecule has 2 aliphatic heterocycles. The first kappa shape index (κ1) is 14.2. The summed E-state index contributed by atoms with van der Waals surface area (Å²) in [6.07, 6.45) is 2.73. The molecule has 1 fully saturated rings. The van der Waals surface area contributed by atoms with Gasteiger partial charge in [0, 0.05) is 29.7 Å². The van der Waals surface area contributed by atoms with Crippen LogP contribution in [0.4, 0.5) is 0 Å². The molecular formula is C16H23ClN2O. The Bertz CT molecular complexity index is 472. The van der Waals surface area contributed by atoms with E-state index in [1.807, 2.05) is 12.1 Å². The van der Waals surface area contributed by atoms with E-state index in [9.17, 15) is 0 Å². The summed E-state index contributed by atoms with van der Waals surface area (Å²) in [5.74, 6) is 0.998. The lowest BCUT2D eigenvalue weighted by atomic mass is 10.0. The molecule has 3 rings (SSSR count). The van der Waals surface area contributed by atoms with E-state index in [4.69, 9.17) is 16.3 Å². The molecule has 0 saturated carbocycles. The van der Waals surface area contributed by atoms with Gasteiger partial charge in [-0.2, -0.15) is 0 Å². The largest absolute Gasteiger partial charge is 0.489 e. The summed E-state index contributed by atoms with van der Waals surface area (Å²) in [7, 11) is 2.21. The molecule has 0 aliphatic carbocycles. The minimum Gasteiger partial charge on any atom is -0.489 e. The number of nitrogens with zero attached hydrogens (tertiary/aromatic N) is 2. The molecule has 2 heterocycles. The van der Waals surface area contributed by atoms with Gasteiger partial charge in [-0.25, -0.2) is 0 Å². The summed E-state index contributed by atoms with van der Waals surface area (Å²) < 4.78 is 6.04. The van der Waals surface area contributed by atoms with Crippen LogP contribution in [-0.4, -0.2) is 48.6 Å². The van der Waals surface area contributed by atoms with E-state index in [2.05, 4.69) is 29.8 Å². The Kier molecular flexibility index (Phi) is 4.20. The highest BCUT2D eigenvalue weighted by Gasteiger charge is 2.28. The monoisotopic (exact) mass is 294 g/mol. The Morgan fingerprint density at radius 2 is 2.00 bits per heavy atom. The summed E-state index contributed by atoms with van der Waals surface area (Å²) in [6, 6.07) is 6.64. The van der Waals surface area contributed by atoms with Crippen molar-refractivity contribution >= 4 is 11.6 Å². The minimum absolute atomic E-state index is 0.233. The number of piperidine rings is 1. The van der Waals surface area contributed by atoms with Gasteiger partial charge in [-0.3, -0.25) is 4.90 Å². The smallest absolute Gasteiger partial charge is 0.124 e. The van der Waals surface area contributed by atoms with E-state index >= 15 is 0 Å². The van der Waals surface area contributed by atoms with E-state index in [1.54, 1.807) is 0 Å². The maximum absolute atomic E-state index is 6.14. The second-order valence-electron chi connectivity index (χ2n) is 6.14. The van der Waals surface area contributed by atoms with E-state index in [0.717, 1.165) is 23.9 Å². The Labute approximate surface area is 126 Å². The molecular weight excluding hydrogens is 272 g/mol. The molecule has 0 radical (unpaired) electrons. The molecule has 1 atom stereocenters. The van der Waals surface area contributed by atoms with Crippen molar-refractivity contribution in [3.05, 3.63) is 28.8 Å². The first-order valence-electron chi connectivity index (χ1n) is 7.49. The maximum atomic E-state index is 6.14.